The van der Waals surface area contributed by atoms with Crippen LogP contribution in [0.2, 0.25) is 0 Å². The van der Waals surface area contributed by atoms with Gasteiger partial charge in [-0.25, -0.2) is 0 Å². The minimum absolute atomic E-state index is 0.0679. The van der Waals surface area contributed by atoms with Crippen LogP contribution < -0.4 is 0 Å². The van der Waals surface area contributed by atoms with E-state index in [0.29, 0.717) is 19.3 Å². The predicted octanol–water partition coefficient (Wildman–Crippen LogP) is 19.5. The van der Waals surface area contributed by atoms with Crippen LogP contribution in [0.3, 0.4) is 0 Å². The van der Waals surface area contributed by atoms with Crippen LogP contribution in [-0.2, 0) is 28.6 Å². The van der Waals surface area contributed by atoms with Gasteiger partial charge in [-0.05, 0) is 44.9 Å². The maximum absolute atomic E-state index is 12.9. The lowest BCUT2D eigenvalue weighted by molar-refractivity contribution is -0.167. The van der Waals surface area contributed by atoms with Crippen LogP contribution in [0.5, 0.6) is 0 Å². The van der Waals surface area contributed by atoms with Crippen molar-refractivity contribution < 1.29 is 28.6 Å². The molecule has 0 aliphatic carbocycles. The standard InChI is InChI=1S/C60H112O6/c1-4-7-10-13-16-19-22-25-28-30-31-33-35-38-41-44-47-50-53-59(62)65-56-57(55-64-58(61)52-49-46-43-40-37-34-27-24-21-18-15-12-9-6-3)66-60(63)54-51-48-45-42-39-36-32-29-26-23-20-17-14-11-8-5-2/h9,12,18,21,57H,4-8,10-11,13-17,19-20,22-56H2,1-3H3/b12-9-,21-18-. The Balaban J connectivity index is 4.31. The first-order chi connectivity index (χ1) is 32.5. The molecule has 0 bridgehead atoms. The molecule has 0 N–H and O–H groups in total. The van der Waals surface area contributed by atoms with Crippen molar-refractivity contribution in [2.75, 3.05) is 13.2 Å². The van der Waals surface area contributed by atoms with Gasteiger partial charge in [0.1, 0.15) is 13.2 Å². The van der Waals surface area contributed by atoms with Gasteiger partial charge in [-0.3, -0.25) is 14.4 Å². The fourth-order valence-electron chi connectivity index (χ4n) is 8.84. The molecule has 1 atom stereocenters. The Morgan fingerprint density at radius 1 is 0.318 bits per heavy atom. The molecule has 0 heterocycles. The molecular formula is C60H112O6. The number of unbranched alkanes of at least 4 members (excludes halogenated alkanes) is 39. The maximum Gasteiger partial charge on any atom is 0.306 e. The monoisotopic (exact) mass is 929 g/mol. The minimum Gasteiger partial charge on any atom is -0.462 e. The van der Waals surface area contributed by atoms with Crippen LogP contribution in [0.1, 0.15) is 323 Å². The summed E-state index contributed by atoms with van der Waals surface area (Å²) in [6.07, 6.45) is 64.6. The molecular weight excluding hydrogens is 817 g/mol. The number of carbonyl (C=O) groups excluding carboxylic acids is 3. The Kier molecular flexibility index (Phi) is 53.7. The highest BCUT2D eigenvalue weighted by atomic mass is 16.6. The van der Waals surface area contributed by atoms with E-state index in [1.54, 1.807) is 0 Å². The summed E-state index contributed by atoms with van der Waals surface area (Å²) in [6.45, 7) is 6.59. The van der Waals surface area contributed by atoms with E-state index in [9.17, 15) is 14.4 Å². The van der Waals surface area contributed by atoms with E-state index in [0.717, 1.165) is 77.0 Å². The Hall–Kier alpha value is -2.11. The number of carbonyl (C=O) groups is 3. The molecule has 6 nitrogen and oxygen atoms in total. The number of allylic oxidation sites excluding steroid dienone is 4. The second-order valence-electron chi connectivity index (χ2n) is 19.9. The third kappa shape index (κ3) is 52.9. The van der Waals surface area contributed by atoms with Gasteiger partial charge in [0.05, 0.1) is 0 Å². The smallest absolute Gasteiger partial charge is 0.306 e. The lowest BCUT2D eigenvalue weighted by Crippen LogP contribution is -2.30. The van der Waals surface area contributed by atoms with Crippen molar-refractivity contribution in [2.24, 2.45) is 0 Å². The van der Waals surface area contributed by atoms with Crippen LogP contribution >= 0.6 is 0 Å². The fourth-order valence-corrected chi connectivity index (χ4v) is 8.84. The lowest BCUT2D eigenvalue weighted by atomic mass is 10.0. The normalized spacial score (nSPS) is 12.1. The molecule has 0 radical (unpaired) electrons. The fraction of sp³-hybridized carbons (Fsp3) is 0.883. The van der Waals surface area contributed by atoms with E-state index in [1.807, 2.05) is 0 Å². The summed E-state index contributed by atoms with van der Waals surface area (Å²) in [7, 11) is 0. The van der Waals surface area contributed by atoms with Gasteiger partial charge in [0, 0.05) is 19.3 Å². The Morgan fingerprint density at radius 3 is 0.909 bits per heavy atom. The van der Waals surface area contributed by atoms with Crippen molar-refractivity contribution in [1.29, 1.82) is 0 Å². The van der Waals surface area contributed by atoms with Crippen molar-refractivity contribution in [1.82, 2.24) is 0 Å². The van der Waals surface area contributed by atoms with Crippen molar-refractivity contribution in [3.8, 4) is 0 Å². The summed E-state index contributed by atoms with van der Waals surface area (Å²) in [4.78, 5) is 38.2. The first-order valence-electron chi connectivity index (χ1n) is 29.3. The van der Waals surface area contributed by atoms with Gasteiger partial charge in [-0.1, -0.05) is 283 Å². The molecule has 388 valence electrons. The van der Waals surface area contributed by atoms with Gasteiger partial charge in [-0.2, -0.15) is 0 Å². The van der Waals surface area contributed by atoms with Crippen molar-refractivity contribution in [3.63, 3.8) is 0 Å². The number of hydrogen-bond donors (Lipinski definition) is 0. The largest absolute Gasteiger partial charge is 0.462 e. The Bertz CT molecular complexity index is 1070. The maximum atomic E-state index is 12.9. The van der Waals surface area contributed by atoms with Crippen LogP contribution in [0.25, 0.3) is 0 Å². The second-order valence-corrected chi connectivity index (χ2v) is 19.9. The van der Waals surface area contributed by atoms with E-state index >= 15 is 0 Å². The number of ether oxygens (including phenoxy) is 3. The van der Waals surface area contributed by atoms with Crippen LogP contribution in [0.15, 0.2) is 24.3 Å². The highest BCUT2D eigenvalue weighted by Crippen LogP contribution is 2.17. The van der Waals surface area contributed by atoms with Gasteiger partial charge in [0.15, 0.2) is 6.10 Å². The zero-order valence-electron chi connectivity index (χ0n) is 44.5. The van der Waals surface area contributed by atoms with Crippen molar-refractivity contribution in [2.45, 2.75) is 329 Å². The van der Waals surface area contributed by atoms with Crippen LogP contribution in [-0.4, -0.2) is 37.2 Å². The number of esters is 3. The summed E-state index contributed by atoms with van der Waals surface area (Å²) >= 11 is 0. The molecule has 0 rings (SSSR count). The highest BCUT2D eigenvalue weighted by Gasteiger charge is 2.19. The van der Waals surface area contributed by atoms with E-state index in [4.69, 9.17) is 14.2 Å². The van der Waals surface area contributed by atoms with E-state index in [2.05, 4.69) is 45.1 Å². The van der Waals surface area contributed by atoms with Crippen LogP contribution in [0, 0.1) is 0 Å². The summed E-state index contributed by atoms with van der Waals surface area (Å²) in [6, 6.07) is 0. The zero-order chi connectivity index (χ0) is 47.9. The Morgan fingerprint density at radius 2 is 0.591 bits per heavy atom. The highest BCUT2D eigenvalue weighted by molar-refractivity contribution is 5.71. The molecule has 0 amide bonds. The van der Waals surface area contributed by atoms with Gasteiger partial charge in [-0.15, -0.1) is 0 Å². The second kappa shape index (κ2) is 55.5. The molecule has 6 heteroatoms. The molecule has 0 spiro atoms. The zero-order valence-corrected chi connectivity index (χ0v) is 44.5. The first kappa shape index (κ1) is 63.9. The molecule has 0 aromatic heterocycles. The molecule has 0 saturated carbocycles. The molecule has 0 fully saturated rings. The minimum atomic E-state index is -0.769. The third-order valence-corrected chi connectivity index (χ3v) is 13.2. The van der Waals surface area contributed by atoms with Gasteiger partial charge < -0.3 is 14.2 Å². The summed E-state index contributed by atoms with van der Waals surface area (Å²) in [5.41, 5.74) is 0. The molecule has 66 heavy (non-hydrogen) atoms. The average molecular weight is 930 g/mol. The summed E-state index contributed by atoms with van der Waals surface area (Å²) in [5, 5.41) is 0. The summed E-state index contributed by atoms with van der Waals surface area (Å²) in [5.74, 6) is -0.853. The van der Waals surface area contributed by atoms with Crippen molar-refractivity contribution >= 4 is 17.9 Å². The SMILES string of the molecule is CC/C=C\C/C=C\CCCCCCCCCC(=O)OCC(COC(=O)CCCCCCCCCCCCCCCCCCCC)OC(=O)CCCCCCCCCCCCCCCCCC. The first-order valence-corrected chi connectivity index (χ1v) is 29.3. The third-order valence-electron chi connectivity index (χ3n) is 13.2. The Labute approximate surface area is 411 Å². The lowest BCUT2D eigenvalue weighted by Gasteiger charge is -2.18. The molecule has 0 saturated heterocycles. The van der Waals surface area contributed by atoms with Gasteiger partial charge in [0.25, 0.3) is 0 Å². The van der Waals surface area contributed by atoms with E-state index in [1.165, 1.54) is 205 Å². The molecule has 1 unspecified atom stereocenters. The van der Waals surface area contributed by atoms with Crippen LogP contribution in [0.4, 0.5) is 0 Å². The van der Waals surface area contributed by atoms with Gasteiger partial charge in [0.2, 0.25) is 0 Å². The molecule has 0 aromatic rings. The molecule has 0 aliphatic heterocycles. The number of hydrogen-bond acceptors (Lipinski definition) is 6. The average Bonchev–Trinajstić information content (AvgIpc) is 3.31. The van der Waals surface area contributed by atoms with Gasteiger partial charge >= 0.3 is 17.9 Å². The van der Waals surface area contributed by atoms with Crippen molar-refractivity contribution in [3.05, 3.63) is 24.3 Å². The summed E-state index contributed by atoms with van der Waals surface area (Å²) < 4.78 is 16.9. The van der Waals surface area contributed by atoms with E-state index < -0.39 is 6.10 Å². The predicted molar refractivity (Wildman–Crippen MR) is 284 cm³/mol. The van der Waals surface area contributed by atoms with E-state index in [-0.39, 0.29) is 31.1 Å². The molecule has 0 aliphatic rings. The number of rotatable bonds is 54. The topological polar surface area (TPSA) is 78.9 Å². The quantitative estimate of drug-likeness (QED) is 0.0262. The molecule has 0 aromatic carbocycles.